The van der Waals surface area contributed by atoms with Crippen LogP contribution in [0.1, 0.15) is 28.3 Å². The molecule has 1 saturated heterocycles. The van der Waals surface area contributed by atoms with Gasteiger partial charge in [0.25, 0.3) is 11.7 Å². The van der Waals surface area contributed by atoms with Crippen molar-refractivity contribution in [3.8, 4) is 5.75 Å². The van der Waals surface area contributed by atoms with E-state index in [9.17, 15) is 14.7 Å². The lowest BCUT2D eigenvalue weighted by molar-refractivity contribution is -0.140. The average molecular weight is 526 g/mol. The summed E-state index contributed by atoms with van der Waals surface area (Å²) in [6.07, 6.45) is 0. The number of aryl methyl sites for hydroxylation is 1. The van der Waals surface area contributed by atoms with Crippen LogP contribution in [-0.4, -0.2) is 42.0 Å². The molecular weight excluding hydrogens is 501 g/mol. The lowest BCUT2D eigenvalue weighted by Gasteiger charge is -2.25. The van der Waals surface area contributed by atoms with Crippen LogP contribution in [-0.2, 0) is 20.9 Å². The fourth-order valence-corrected chi connectivity index (χ4v) is 4.51. The number of rotatable bonds is 8. The third-order valence-corrected chi connectivity index (χ3v) is 6.78. The standard InChI is InChI=1S/C28H25Cl2NO5/c1-17-14-20(36-16-18-6-4-3-5-7-18)9-10-21(17)26(32)24-25(19-8-11-22(29)23(30)15-19)31(12-13-35-2)28(34)27(24)33/h3-11,14-15,25,32H,12-13,16H2,1-2H3. The van der Waals surface area contributed by atoms with Gasteiger partial charge in [0, 0.05) is 19.2 Å². The predicted molar refractivity (Wildman–Crippen MR) is 139 cm³/mol. The molecule has 1 aliphatic rings. The number of nitrogens with zero attached hydrogens (tertiary/aromatic N) is 1. The van der Waals surface area contributed by atoms with E-state index in [1.54, 1.807) is 43.3 Å². The van der Waals surface area contributed by atoms with Crippen LogP contribution in [0.3, 0.4) is 0 Å². The fraction of sp³-hybridized carbons (Fsp3) is 0.214. The van der Waals surface area contributed by atoms with Gasteiger partial charge in [-0.15, -0.1) is 0 Å². The van der Waals surface area contributed by atoms with E-state index in [1.165, 1.54) is 12.0 Å². The molecule has 1 atom stereocenters. The quantitative estimate of drug-likeness (QED) is 0.223. The molecule has 0 saturated carbocycles. The summed E-state index contributed by atoms with van der Waals surface area (Å²) in [5.74, 6) is -1.14. The maximum Gasteiger partial charge on any atom is 0.295 e. The Morgan fingerprint density at radius 2 is 1.75 bits per heavy atom. The number of amides is 1. The molecule has 186 valence electrons. The van der Waals surface area contributed by atoms with Crippen LogP contribution in [0.4, 0.5) is 0 Å². The van der Waals surface area contributed by atoms with Crippen molar-refractivity contribution < 1.29 is 24.2 Å². The van der Waals surface area contributed by atoms with Crippen LogP contribution < -0.4 is 4.74 Å². The van der Waals surface area contributed by atoms with Gasteiger partial charge in [0.05, 0.1) is 28.3 Å². The Morgan fingerprint density at radius 1 is 1.00 bits per heavy atom. The SMILES string of the molecule is COCCN1C(=O)C(=O)C(=C(O)c2ccc(OCc3ccccc3)cc2C)C1c1ccc(Cl)c(Cl)c1. The smallest absolute Gasteiger partial charge is 0.295 e. The summed E-state index contributed by atoms with van der Waals surface area (Å²) < 4.78 is 11.0. The zero-order valence-corrected chi connectivity index (χ0v) is 21.3. The van der Waals surface area contributed by atoms with Crippen molar-refractivity contribution in [2.45, 2.75) is 19.6 Å². The van der Waals surface area contributed by atoms with Gasteiger partial charge in [0.2, 0.25) is 0 Å². The molecule has 8 heteroatoms. The molecule has 4 rings (SSSR count). The molecule has 1 amide bonds. The van der Waals surface area contributed by atoms with Gasteiger partial charge in [0.15, 0.2) is 0 Å². The first-order valence-electron chi connectivity index (χ1n) is 11.3. The minimum atomic E-state index is -0.844. The summed E-state index contributed by atoms with van der Waals surface area (Å²) in [6, 6.07) is 19.0. The number of methoxy groups -OCH3 is 1. The summed E-state index contributed by atoms with van der Waals surface area (Å²) >= 11 is 12.3. The highest BCUT2D eigenvalue weighted by Crippen LogP contribution is 2.41. The van der Waals surface area contributed by atoms with Crippen molar-refractivity contribution in [3.05, 3.63) is 105 Å². The third kappa shape index (κ3) is 5.26. The Hall–Kier alpha value is -3.32. The first kappa shape index (κ1) is 25.8. The normalized spacial score (nSPS) is 17.0. The van der Waals surface area contributed by atoms with E-state index in [2.05, 4.69) is 0 Å². The molecule has 1 fully saturated rings. The summed E-state index contributed by atoms with van der Waals surface area (Å²) in [5, 5.41) is 12.0. The number of hydrogen-bond acceptors (Lipinski definition) is 5. The highest BCUT2D eigenvalue weighted by atomic mass is 35.5. The van der Waals surface area contributed by atoms with Crippen LogP contribution in [0.5, 0.6) is 5.75 Å². The summed E-state index contributed by atoms with van der Waals surface area (Å²) in [7, 11) is 1.51. The van der Waals surface area contributed by atoms with Crippen molar-refractivity contribution >= 4 is 40.7 Å². The van der Waals surface area contributed by atoms with Crippen LogP contribution in [0.2, 0.25) is 10.0 Å². The Bertz CT molecular complexity index is 1320. The van der Waals surface area contributed by atoms with E-state index < -0.39 is 17.7 Å². The molecule has 3 aromatic carbocycles. The van der Waals surface area contributed by atoms with Gasteiger partial charge in [-0.2, -0.15) is 0 Å². The number of likely N-dealkylation sites (tertiary alicyclic amines) is 1. The molecular formula is C28H25Cl2NO5. The van der Waals surface area contributed by atoms with E-state index in [0.29, 0.717) is 34.1 Å². The number of halogens is 2. The molecule has 1 aliphatic heterocycles. The van der Waals surface area contributed by atoms with Gasteiger partial charge in [-0.3, -0.25) is 9.59 Å². The van der Waals surface area contributed by atoms with Crippen molar-refractivity contribution in [1.82, 2.24) is 4.90 Å². The second kappa shape index (κ2) is 11.2. The van der Waals surface area contributed by atoms with Gasteiger partial charge < -0.3 is 19.5 Å². The van der Waals surface area contributed by atoms with Crippen LogP contribution in [0.25, 0.3) is 5.76 Å². The van der Waals surface area contributed by atoms with E-state index >= 15 is 0 Å². The molecule has 1 heterocycles. The highest BCUT2D eigenvalue weighted by Gasteiger charge is 2.46. The molecule has 0 aromatic heterocycles. The fourth-order valence-electron chi connectivity index (χ4n) is 4.21. The first-order chi connectivity index (χ1) is 17.3. The monoisotopic (exact) mass is 525 g/mol. The van der Waals surface area contributed by atoms with Gasteiger partial charge in [-0.25, -0.2) is 0 Å². The molecule has 6 nitrogen and oxygen atoms in total. The second-order valence-electron chi connectivity index (χ2n) is 8.41. The number of ketones is 1. The number of carbonyl (C=O) groups excluding carboxylic acids is 2. The van der Waals surface area contributed by atoms with Gasteiger partial charge in [-0.1, -0.05) is 59.6 Å². The largest absolute Gasteiger partial charge is 0.507 e. The van der Waals surface area contributed by atoms with E-state index in [1.807, 2.05) is 30.3 Å². The molecule has 0 spiro atoms. The molecule has 36 heavy (non-hydrogen) atoms. The molecule has 0 radical (unpaired) electrons. The Labute approximate surface area is 219 Å². The predicted octanol–water partition coefficient (Wildman–Crippen LogP) is 5.95. The Kier molecular flexibility index (Phi) is 7.99. The second-order valence-corrected chi connectivity index (χ2v) is 9.22. The number of ether oxygens (including phenoxy) is 2. The molecule has 0 aliphatic carbocycles. The number of benzene rings is 3. The third-order valence-electron chi connectivity index (χ3n) is 6.04. The summed E-state index contributed by atoms with van der Waals surface area (Å²) in [4.78, 5) is 27.5. The molecule has 3 aromatic rings. The van der Waals surface area contributed by atoms with Gasteiger partial charge >= 0.3 is 0 Å². The molecule has 1 unspecified atom stereocenters. The van der Waals surface area contributed by atoms with Crippen molar-refractivity contribution in [2.75, 3.05) is 20.3 Å². The van der Waals surface area contributed by atoms with Gasteiger partial charge in [0.1, 0.15) is 18.1 Å². The molecule has 0 bridgehead atoms. The van der Waals surface area contributed by atoms with Gasteiger partial charge in [-0.05, 0) is 53.9 Å². The molecule has 1 N–H and O–H groups in total. The van der Waals surface area contributed by atoms with E-state index in [0.717, 1.165) is 5.56 Å². The van der Waals surface area contributed by atoms with Crippen LogP contribution in [0, 0.1) is 6.92 Å². The van der Waals surface area contributed by atoms with E-state index in [-0.39, 0.29) is 29.5 Å². The first-order valence-corrected chi connectivity index (χ1v) is 12.1. The zero-order valence-electron chi connectivity index (χ0n) is 19.8. The van der Waals surface area contributed by atoms with Crippen molar-refractivity contribution in [2.24, 2.45) is 0 Å². The minimum Gasteiger partial charge on any atom is -0.507 e. The Morgan fingerprint density at radius 3 is 2.42 bits per heavy atom. The van der Waals surface area contributed by atoms with Crippen LogP contribution >= 0.6 is 23.2 Å². The number of Topliss-reactive ketones (excluding diaryl/α,β-unsaturated/α-hetero) is 1. The summed E-state index contributed by atoms with van der Waals surface area (Å²) in [5.41, 5.74) is 2.68. The lowest BCUT2D eigenvalue weighted by atomic mass is 9.94. The minimum absolute atomic E-state index is 0.0180. The van der Waals surface area contributed by atoms with Crippen LogP contribution in [0.15, 0.2) is 72.3 Å². The maximum absolute atomic E-state index is 13.1. The number of aliphatic hydroxyl groups excluding tert-OH is 1. The average Bonchev–Trinajstić information content (AvgIpc) is 3.13. The van der Waals surface area contributed by atoms with E-state index in [4.69, 9.17) is 32.7 Å². The topological polar surface area (TPSA) is 76.1 Å². The van der Waals surface area contributed by atoms with Crippen molar-refractivity contribution in [1.29, 1.82) is 0 Å². The number of aliphatic hydroxyl groups is 1. The zero-order chi connectivity index (χ0) is 25.8. The number of hydrogen-bond donors (Lipinski definition) is 1. The lowest BCUT2D eigenvalue weighted by Crippen LogP contribution is -2.32. The Balaban J connectivity index is 1.72. The maximum atomic E-state index is 13.1. The van der Waals surface area contributed by atoms with Crippen molar-refractivity contribution in [3.63, 3.8) is 0 Å². The number of carbonyl (C=O) groups is 2. The summed E-state index contributed by atoms with van der Waals surface area (Å²) in [6.45, 7) is 2.58. The highest BCUT2D eigenvalue weighted by molar-refractivity contribution is 6.47.